The van der Waals surface area contributed by atoms with Crippen molar-refractivity contribution in [3.05, 3.63) is 29.8 Å². The largest absolute Gasteiger partial charge is 0.508 e. The fourth-order valence-corrected chi connectivity index (χ4v) is 2.57. The van der Waals surface area contributed by atoms with Crippen LogP contribution in [0.25, 0.3) is 0 Å². The van der Waals surface area contributed by atoms with Gasteiger partial charge >= 0.3 is 0 Å². The van der Waals surface area contributed by atoms with Crippen molar-refractivity contribution in [3.8, 4) is 5.75 Å². The summed E-state index contributed by atoms with van der Waals surface area (Å²) in [6, 6.07) is 8.11. The summed E-state index contributed by atoms with van der Waals surface area (Å²) in [6.07, 6.45) is 2.25. The van der Waals surface area contributed by atoms with Crippen LogP contribution in [0.2, 0.25) is 0 Å². The highest BCUT2D eigenvalue weighted by atomic mass is 16.3. The predicted octanol–water partition coefficient (Wildman–Crippen LogP) is 2.14. The van der Waals surface area contributed by atoms with Crippen LogP contribution < -0.4 is 5.32 Å². The standard InChI is InChI=1S/C14H22N2O/c1-2-5-13(16-10-8-15-9-11-16)12-6-3-4-7-14(12)17/h3-4,6-7,13,15,17H,2,5,8-11H2,1H3/t13-/m1/s1. The molecule has 3 nitrogen and oxygen atoms in total. The first kappa shape index (κ1) is 12.4. The molecule has 3 heteroatoms. The second kappa shape index (κ2) is 6.03. The molecule has 0 aliphatic carbocycles. The first-order valence-corrected chi connectivity index (χ1v) is 6.55. The van der Waals surface area contributed by atoms with Crippen LogP contribution in [-0.4, -0.2) is 36.2 Å². The van der Waals surface area contributed by atoms with Gasteiger partial charge in [0.2, 0.25) is 0 Å². The zero-order chi connectivity index (χ0) is 12.1. The van der Waals surface area contributed by atoms with Gasteiger partial charge in [-0.05, 0) is 12.5 Å². The molecular formula is C14H22N2O. The minimum atomic E-state index is 0.364. The molecule has 0 radical (unpaired) electrons. The molecule has 17 heavy (non-hydrogen) atoms. The lowest BCUT2D eigenvalue weighted by Gasteiger charge is -2.35. The maximum absolute atomic E-state index is 10.00. The van der Waals surface area contributed by atoms with Crippen LogP contribution in [0.15, 0.2) is 24.3 Å². The maximum Gasteiger partial charge on any atom is 0.120 e. The molecule has 0 unspecified atom stereocenters. The fraction of sp³-hybridized carbons (Fsp3) is 0.571. The summed E-state index contributed by atoms with van der Waals surface area (Å²) in [6.45, 7) is 6.44. The molecule has 1 heterocycles. The van der Waals surface area contributed by atoms with Crippen LogP contribution >= 0.6 is 0 Å². The number of nitrogens with zero attached hydrogens (tertiary/aromatic N) is 1. The third-order valence-corrected chi connectivity index (χ3v) is 3.45. The minimum Gasteiger partial charge on any atom is -0.508 e. The molecular weight excluding hydrogens is 212 g/mol. The van der Waals surface area contributed by atoms with E-state index in [1.54, 1.807) is 6.07 Å². The number of nitrogens with one attached hydrogen (secondary N) is 1. The summed E-state index contributed by atoms with van der Waals surface area (Å²) in [5.41, 5.74) is 1.08. The Balaban J connectivity index is 2.18. The number of phenols is 1. The number of benzene rings is 1. The Morgan fingerprint density at radius 2 is 2.00 bits per heavy atom. The number of aromatic hydroxyl groups is 1. The van der Waals surface area contributed by atoms with Gasteiger partial charge in [-0.3, -0.25) is 4.90 Å². The molecule has 0 spiro atoms. The van der Waals surface area contributed by atoms with Crippen molar-refractivity contribution in [1.29, 1.82) is 0 Å². The van der Waals surface area contributed by atoms with Crippen LogP contribution in [0.1, 0.15) is 31.4 Å². The lowest BCUT2D eigenvalue weighted by Crippen LogP contribution is -2.45. The van der Waals surface area contributed by atoms with Gasteiger partial charge in [0.15, 0.2) is 0 Å². The van der Waals surface area contributed by atoms with Crippen LogP contribution in [0.5, 0.6) is 5.75 Å². The number of para-hydroxylation sites is 1. The van der Waals surface area contributed by atoms with Crippen molar-refractivity contribution >= 4 is 0 Å². The number of hydrogen-bond acceptors (Lipinski definition) is 3. The van der Waals surface area contributed by atoms with Gasteiger partial charge in [-0.25, -0.2) is 0 Å². The Labute approximate surface area is 103 Å². The molecule has 1 aliphatic rings. The quantitative estimate of drug-likeness (QED) is 0.838. The second-order valence-corrected chi connectivity index (χ2v) is 4.65. The highest BCUT2D eigenvalue weighted by molar-refractivity contribution is 5.34. The topological polar surface area (TPSA) is 35.5 Å². The summed E-state index contributed by atoms with van der Waals surface area (Å²) in [5.74, 6) is 0.435. The fourth-order valence-electron chi connectivity index (χ4n) is 2.57. The summed E-state index contributed by atoms with van der Waals surface area (Å²) in [5, 5.41) is 13.4. The van der Waals surface area contributed by atoms with E-state index in [1.807, 2.05) is 12.1 Å². The third kappa shape index (κ3) is 2.99. The molecule has 1 fully saturated rings. The monoisotopic (exact) mass is 234 g/mol. The highest BCUT2D eigenvalue weighted by Gasteiger charge is 2.23. The second-order valence-electron chi connectivity index (χ2n) is 4.65. The van der Waals surface area contributed by atoms with Crippen molar-refractivity contribution < 1.29 is 5.11 Å². The van der Waals surface area contributed by atoms with Crippen LogP contribution in [0.4, 0.5) is 0 Å². The van der Waals surface area contributed by atoms with E-state index in [0.717, 1.165) is 44.6 Å². The summed E-state index contributed by atoms with van der Waals surface area (Å²) in [7, 11) is 0. The van der Waals surface area contributed by atoms with Gasteiger partial charge in [0, 0.05) is 37.8 Å². The van der Waals surface area contributed by atoms with Crippen molar-refractivity contribution in [2.75, 3.05) is 26.2 Å². The number of piperazine rings is 1. The van der Waals surface area contributed by atoms with E-state index in [0.29, 0.717) is 11.8 Å². The zero-order valence-electron chi connectivity index (χ0n) is 10.5. The van der Waals surface area contributed by atoms with Crippen LogP contribution in [0, 0.1) is 0 Å². The van der Waals surface area contributed by atoms with Gasteiger partial charge in [-0.2, -0.15) is 0 Å². The van der Waals surface area contributed by atoms with E-state index in [9.17, 15) is 5.11 Å². The average molecular weight is 234 g/mol. The minimum absolute atomic E-state index is 0.364. The van der Waals surface area contributed by atoms with E-state index in [2.05, 4.69) is 23.2 Å². The SMILES string of the molecule is CCC[C@H](c1ccccc1O)N1CCNCC1. The number of hydrogen-bond donors (Lipinski definition) is 2. The molecule has 1 saturated heterocycles. The van der Waals surface area contributed by atoms with E-state index < -0.39 is 0 Å². The Morgan fingerprint density at radius 3 is 2.65 bits per heavy atom. The van der Waals surface area contributed by atoms with Crippen molar-refractivity contribution in [2.45, 2.75) is 25.8 Å². The molecule has 94 valence electrons. The Kier molecular flexibility index (Phi) is 4.40. The Bertz CT molecular complexity index is 348. The predicted molar refractivity (Wildman–Crippen MR) is 70.2 cm³/mol. The van der Waals surface area contributed by atoms with Crippen molar-refractivity contribution in [1.82, 2.24) is 10.2 Å². The molecule has 0 amide bonds. The van der Waals surface area contributed by atoms with Gasteiger partial charge < -0.3 is 10.4 Å². The molecule has 0 bridgehead atoms. The molecule has 2 rings (SSSR count). The molecule has 1 aliphatic heterocycles. The molecule has 1 atom stereocenters. The number of rotatable bonds is 4. The molecule has 0 aromatic heterocycles. The highest BCUT2D eigenvalue weighted by Crippen LogP contribution is 2.31. The molecule has 0 saturated carbocycles. The average Bonchev–Trinajstić information content (AvgIpc) is 2.38. The normalized spacial score (nSPS) is 19.1. The van der Waals surface area contributed by atoms with Gasteiger partial charge in [0.05, 0.1) is 0 Å². The van der Waals surface area contributed by atoms with Gasteiger partial charge in [-0.1, -0.05) is 31.5 Å². The van der Waals surface area contributed by atoms with E-state index in [4.69, 9.17) is 0 Å². The van der Waals surface area contributed by atoms with Crippen LogP contribution in [0.3, 0.4) is 0 Å². The summed E-state index contributed by atoms with van der Waals surface area (Å²) >= 11 is 0. The van der Waals surface area contributed by atoms with Gasteiger partial charge in [-0.15, -0.1) is 0 Å². The number of phenolic OH excluding ortho intramolecular Hbond substituents is 1. The smallest absolute Gasteiger partial charge is 0.120 e. The van der Waals surface area contributed by atoms with E-state index in [-0.39, 0.29) is 0 Å². The first-order chi connectivity index (χ1) is 8.33. The first-order valence-electron chi connectivity index (χ1n) is 6.55. The van der Waals surface area contributed by atoms with Crippen molar-refractivity contribution in [2.24, 2.45) is 0 Å². The molecule has 1 aromatic rings. The summed E-state index contributed by atoms with van der Waals surface area (Å²) < 4.78 is 0. The Morgan fingerprint density at radius 1 is 1.29 bits per heavy atom. The zero-order valence-corrected chi connectivity index (χ0v) is 10.5. The van der Waals surface area contributed by atoms with Crippen molar-refractivity contribution in [3.63, 3.8) is 0 Å². The lowest BCUT2D eigenvalue weighted by molar-refractivity contribution is 0.162. The third-order valence-electron chi connectivity index (χ3n) is 3.45. The van der Waals surface area contributed by atoms with Crippen LogP contribution in [-0.2, 0) is 0 Å². The van der Waals surface area contributed by atoms with Gasteiger partial charge in [0.25, 0.3) is 0 Å². The maximum atomic E-state index is 10.00. The summed E-state index contributed by atoms with van der Waals surface area (Å²) in [4.78, 5) is 2.48. The molecule has 1 aromatic carbocycles. The van der Waals surface area contributed by atoms with Gasteiger partial charge in [0.1, 0.15) is 5.75 Å². The molecule has 2 N–H and O–H groups in total. The lowest BCUT2D eigenvalue weighted by atomic mass is 9.99. The Hall–Kier alpha value is -1.06. The van der Waals surface area contributed by atoms with E-state index >= 15 is 0 Å². The van der Waals surface area contributed by atoms with E-state index in [1.165, 1.54) is 0 Å².